The first-order chi connectivity index (χ1) is 29.3. The van der Waals surface area contributed by atoms with Crippen molar-refractivity contribution in [2.45, 2.75) is 114 Å². The highest BCUT2D eigenvalue weighted by atomic mass is 32.2. The van der Waals surface area contributed by atoms with Crippen LogP contribution in [0.25, 0.3) is 22.3 Å². The van der Waals surface area contributed by atoms with Gasteiger partial charge < -0.3 is 19.9 Å². The normalized spacial score (nSPS) is 24.6. The second-order valence-electron chi connectivity index (χ2n) is 18.7. The first kappa shape index (κ1) is 43.6. The van der Waals surface area contributed by atoms with Gasteiger partial charge in [-0.15, -0.1) is 6.58 Å². The number of halogens is 3. The molecule has 332 valence electrons. The molecule has 4 heterocycles. The van der Waals surface area contributed by atoms with Crippen LogP contribution in [0, 0.1) is 23.2 Å². The largest absolute Gasteiger partial charge is 0.488 e. The summed E-state index contributed by atoms with van der Waals surface area (Å²) in [5.41, 5.74) is 1.87. The average Bonchev–Trinajstić information content (AvgIpc) is 4.12. The van der Waals surface area contributed by atoms with Crippen molar-refractivity contribution in [3.8, 4) is 17.1 Å². The van der Waals surface area contributed by atoms with Crippen LogP contribution in [-0.2, 0) is 42.0 Å². The number of benzene rings is 1. The van der Waals surface area contributed by atoms with Gasteiger partial charge in [0.15, 0.2) is 0 Å². The molecule has 0 spiro atoms. The molecule has 13 nitrogen and oxygen atoms in total. The summed E-state index contributed by atoms with van der Waals surface area (Å²) in [6.07, 6.45) is 0.965. The van der Waals surface area contributed by atoms with Crippen molar-refractivity contribution in [3.63, 3.8) is 0 Å². The minimum atomic E-state index is -4.36. The predicted molar refractivity (Wildman–Crippen MR) is 224 cm³/mol. The summed E-state index contributed by atoms with van der Waals surface area (Å²) in [5, 5.41) is 2.88. The second kappa shape index (κ2) is 16.2. The number of sulfonamides is 1. The van der Waals surface area contributed by atoms with Crippen LogP contribution < -0.4 is 14.8 Å². The molecule has 2 aromatic heterocycles. The lowest BCUT2D eigenvalue weighted by molar-refractivity contribution is -0.186. The summed E-state index contributed by atoms with van der Waals surface area (Å²) >= 11 is 0. The van der Waals surface area contributed by atoms with Gasteiger partial charge in [0.2, 0.25) is 27.7 Å². The molecule has 0 radical (unpaired) electrons. The van der Waals surface area contributed by atoms with Crippen molar-refractivity contribution in [2.75, 3.05) is 19.6 Å². The number of piperidine rings is 1. The highest BCUT2D eigenvalue weighted by molar-refractivity contribution is 7.91. The van der Waals surface area contributed by atoms with E-state index in [4.69, 9.17) is 9.72 Å². The fourth-order valence-electron chi connectivity index (χ4n) is 9.37. The molecule has 0 bridgehead atoms. The molecule has 4 fully saturated rings. The molecule has 3 aliphatic carbocycles. The predicted octanol–water partition coefficient (Wildman–Crippen LogP) is 5.66. The van der Waals surface area contributed by atoms with Gasteiger partial charge in [-0.3, -0.25) is 28.9 Å². The summed E-state index contributed by atoms with van der Waals surface area (Å²) < 4.78 is 75.0. The van der Waals surface area contributed by atoms with Gasteiger partial charge in [-0.1, -0.05) is 39.0 Å². The first-order valence-electron chi connectivity index (χ1n) is 21.5. The lowest BCUT2D eigenvalue weighted by Crippen LogP contribution is -2.57. The average molecular weight is 879 g/mol. The lowest BCUT2D eigenvalue weighted by Gasteiger charge is -2.37. The Morgan fingerprint density at radius 1 is 1.03 bits per heavy atom. The van der Waals surface area contributed by atoms with E-state index in [0.29, 0.717) is 30.0 Å². The van der Waals surface area contributed by atoms with Crippen LogP contribution in [0.4, 0.5) is 13.2 Å². The lowest BCUT2D eigenvalue weighted by atomic mass is 9.77. The molecule has 4 amide bonds. The monoisotopic (exact) mass is 878 g/mol. The van der Waals surface area contributed by atoms with E-state index < -0.39 is 85.9 Å². The Kier molecular flexibility index (Phi) is 11.4. The number of nitrogens with zero attached hydrogens (tertiary/aromatic N) is 4. The number of hydrogen-bond donors (Lipinski definition) is 2. The van der Waals surface area contributed by atoms with Gasteiger partial charge in [0.1, 0.15) is 23.4 Å². The smallest absolute Gasteiger partial charge is 0.391 e. The molecule has 2 N–H and O–H groups in total. The zero-order valence-corrected chi connectivity index (χ0v) is 36.0. The third kappa shape index (κ3) is 8.65. The summed E-state index contributed by atoms with van der Waals surface area (Å²) in [4.78, 5) is 69.3. The van der Waals surface area contributed by atoms with Crippen molar-refractivity contribution < 1.29 is 45.5 Å². The Morgan fingerprint density at radius 3 is 2.40 bits per heavy atom. The number of likely N-dealkylation sites (tertiary alicyclic amines) is 2. The van der Waals surface area contributed by atoms with Crippen molar-refractivity contribution in [1.29, 1.82) is 0 Å². The number of hydrogen-bond acceptors (Lipinski definition) is 9. The standard InChI is InChI=1S/C45H53F3N6O7S/c1-5-27-24-44(27,42(58)52-62(59,60)30-13-14-30)51-40(56)36-21-29(25-54(36)41(57)33(43(2,3)4)22-38(55)53-19-16-28(17-20-53)45(46,47)48)61-37-23-35(34-11-6-7-18-49-34)50-39-31-10-8-9-26(31)12-15-32(37)39/h5-7,11-12,15,18,23,27-30,33,36H,1,8-10,13-14,16-17,19-22,24-25H2,2-4H3,(H,51,56)(H,52,58)/t27-,29-,33-,36+,44-/m1/s1. The molecule has 5 atom stereocenters. The molecule has 8 rings (SSSR count). The van der Waals surface area contributed by atoms with Crippen LogP contribution in [0.1, 0.15) is 83.3 Å². The van der Waals surface area contributed by atoms with E-state index in [0.717, 1.165) is 35.7 Å². The fourth-order valence-corrected chi connectivity index (χ4v) is 10.7. The molecule has 62 heavy (non-hydrogen) atoms. The summed E-state index contributed by atoms with van der Waals surface area (Å²) in [6, 6.07) is 10.1. The highest BCUT2D eigenvalue weighted by Gasteiger charge is 2.62. The van der Waals surface area contributed by atoms with Gasteiger partial charge in [0, 0.05) is 49.5 Å². The van der Waals surface area contributed by atoms with E-state index >= 15 is 0 Å². The van der Waals surface area contributed by atoms with Crippen LogP contribution in [-0.4, -0.2) is 101 Å². The van der Waals surface area contributed by atoms with Crippen LogP contribution in [0.5, 0.6) is 5.75 Å². The number of ether oxygens (including phenoxy) is 1. The van der Waals surface area contributed by atoms with E-state index in [9.17, 15) is 40.8 Å². The molecule has 3 aromatic rings. The maximum Gasteiger partial charge on any atom is 0.391 e. The second-order valence-corrected chi connectivity index (χ2v) is 20.6. The zero-order valence-electron chi connectivity index (χ0n) is 35.2. The van der Waals surface area contributed by atoms with E-state index in [1.54, 1.807) is 33.0 Å². The van der Waals surface area contributed by atoms with Crippen molar-refractivity contribution >= 4 is 44.6 Å². The van der Waals surface area contributed by atoms with Gasteiger partial charge in [-0.2, -0.15) is 13.2 Å². The fraction of sp³-hybridized carbons (Fsp3) is 0.556. The van der Waals surface area contributed by atoms with Crippen molar-refractivity contribution in [1.82, 2.24) is 29.8 Å². The quantitative estimate of drug-likeness (QED) is 0.219. The van der Waals surface area contributed by atoms with E-state index in [1.165, 1.54) is 21.4 Å². The summed E-state index contributed by atoms with van der Waals surface area (Å²) in [6.45, 7) is 8.90. The number of aromatic nitrogens is 2. The minimum Gasteiger partial charge on any atom is -0.488 e. The Labute approximate surface area is 359 Å². The molecule has 17 heteroatoms. The van der Waals surface area contributed by atoms with Crippen LogP contribution in [0.2, 0.25) is 0 Å². The maximum absolute atomic E-state index is 15.0. The molecular formula is C45H53F3N6O7S. The van der Waals surface area contributed by atoms with E-state index in [2.05, 4.69) is 27.7 Å². The molecule has 1 aromatic carbocycles. The number of rotatable bonds is 12. The molecule has 0 unspecified atom stereocenters. The Balaban J connectivity index is 1.11. The van der Waals surface area contributed by atoms with E-state index in [1.807, 2.05) is 24.3 Å². The highest BCUT2D eigenvalue weighted by Crippen LogP contribution is 2.46. The number of alkyl halides is 3. The Bertz CT molecular complexity index is 2400. The van der Waals surface area contributed by atoms with Crippen LogP contribution >= 0.6 is 0 Å². The SMILES string of the molecule is C=C[C@@H]1C[C@]1(NC(=O)[C@@H]1C[C@@H](Oc2cc(-c3ccccn3)nc3c4c(ccc23)CCC4)CN1C(=O)[C@@H](CC(=O)N1CCC(C(F)(F)F)CC1)C(C)(C)C)C(=O)NS(=O)(=O)C1CC1. The van der Waals surface area contributed by atoms with E-state index in [-0.39, 0.29) is 51.7 Å². The topological polar surface area (TPSA) is 168 Å². The van der Waals surface area contributed by atoms with Gasteiger partial charge in [0.05, 0.1) is 40.5 Å². The molecule has 2 saturated carbocycles. The molecule has 5 aliphatic rings. The van der Waals surface area contributed by atoms with Crippen molar-refractivity contribution in [3.05, 3.63) is 66.4 Å². The number of nitrogens with one attached hydrogen (secondary N) is 2. The number of carbonyl (C=O) groups excluding carboxylic acids is 4. The van der Waals surface area contributed by atoms with Gasteiger partial charge in [0.25, 0.3) is 5.91 Å². The zero-order chi connectivity index (χ0) is 44.4. The Morgan fingerprint density at radius 2 is 1.77 bits per heavy atom. The van der Waals surface area contributed by atoms with Crippen LogP contribution in [0.3, 0.4) is 0 Å². The number of amides is 4. The number of fused-ring (bicyclic) bond motifs is 3. The number of aryl methyl sites for hydroxylation is 2. The van der Waals surface area contributed by atoms with Gasteiger partial charge >= 0.3 is 6.18 Å². The number of carbonyl (C=O) groups is 4. The summed E-state index contributed by atoms with van der Waals surface area (Å²) in [7, 11) is -3.96. The van der Waals surface area contributed by atoms with Crippen LogP contribution in [0.15, 0.2) is 55.3 Å². The first-order valence-corrected chi connectivity index (χ1v) is 23.0. The third-order valence-electron chi connectivity index (χ3n) is 13.4. The molecular weight excluding hydrogens is 826 g/mol. The van der Waals surface area contributed by atoms with Gasteiger partial charge in [-0.05, 0) is 86.1 Å². The molecule has 2 saturated heterocycles. The Hall–Kier alpha value is -5.06. The van der Waals surface area contributed by atoms with Gasteiger partial charge in [-0.25, -0.2) is 13.4 Å². The minimum absolute atomic E-state index is 0.0160. The van der Waals surface area contributed by atoms with Crippen molar-refractivity contribution in [2.24, 2.45) is 23.2 Å². The maximum atomic E-state index is 15.0. The number of pyridine rings is 2. The third-order valence-corrected chi connectivity index (χ3v) is 15.2. The summed E-state index contributed by atoms with van der Waals surface area (Å²) in [5.74, 6) is -5.16. The molecule has 2 aliphatic heterocycles.